The smallest absolute Gasteiger partial charge is 0.406 e. The molecule has 0 N–H and O–H groups in total. The molecule has 0 amide bonds. The Hall–Kier alpha value is -4.08. The Labute approximate surface area is 228 Å². The monoisotopic (exact) mass is 531 g/mol. The van der Waals surface area contributed by atoms with Gasteiger partial charge in [0, 0.05) is 5.56 Å². The zero-order valence-corrected chi connectivity index (χ0v) is 22.3. The molecular formula is C33H32F3NO2. The third-order valence-electron chi connectivity index (χ3n) is 6.10. The Morgan fingerprint density at radius 1 is 1.00 bits per heavy atom. The van der Waals surface area contributed by atoms with Gasteiger partial charge in [0.1, 0.15) is 11.9 Å². The van der Waals surface area contributed by atoms with E-state index in [9.17, 15) is 18.4 Å². The standard InChI is InChI=1S/C33H32F3NO2/c1-4-6-7-8-9-13-26(5-2)32(38-23-25-15-19-29(20-16-25)39-33(34,35)36)27-17-18-28(22-37)31(21-27)30-14-11-10-12-24(30)3/h5,7-21,32H,4,6,23H2,1-3H3/b8-7+,13-9-,26-5+. The number of nitrogens with zero attached hydrogens (tertiary/aromatic N) is 1. The lowest BCUT2D eigenvalue weighted by Crippen LogP contribution is -2.17. The number of aryl methyl sites for hydroxylation is 1. The molecule has 202 valence electrons. The van der Waals surface area contributed by atoms with Gasteiger partial charge < -0.3 is 9.47 Å². The summed E-state index contributed by atoms with van der Waals surface area (Å²) in [4.78, 5) is 0. The molecule has 3 rings (SSSR count). The predicted octanol–water partition coefficient (Wildman–Crippen LogP) is 9.55. The number of rotatable bonds is 11. The van der Waals surface area contributed by atoms with Gasteiger partial charge in [-0.2, -0.15) is 5.26 Å². The number of allylic oxidation sites excluding steroid dienone is 4. The molecule has 0 aliphatic carbocycles. The number of unbranched alkanes of at least 4 members (excludes halogenated alkanes) is 1. The molecule has 0 spiro atoms. The first-order chi connectivity index (χ1) is 18.8. The van der Waals surface area contributed by atoms with Gasteiger partial charge in [-0.1, -0.05) is 86.2 Å². The predicted molar refractivity (Wildman–Crippen MR) is 149 cm³/mol. The number of ether oxygens (including phenoxy) is 2. The Morgan fingerprint density at radius 3 is 2.38 bits per heavy atom. The minimum atomic E-state index is -4.74. The SMILES string of the molecule is C\C=C(/C=C\C=C\CCC)C(OCc1ccc(OC(F)(F)F)cc1)c1ccc(C#N)c(-c2ccccc2C)c1. The molecule has 6 heteroatoms. The summed E-state index contributed by atoms with van der Waals surface area (Å²) in [5.41, 5.74) is 5.87. The van der Waals surface area contributed by atoms with Crippen molar-refractivity contribution in [2.24, 2.45) is 0 Å². The van der Waals surface area contributed by atoms with Crippen molar-refractivity contribution in [3.8, 4) is 22.9 Å². The van der Waals surface area contributed by atoms with Crippen LogP contribution in [0.4, 0.5) is 13.2 Å². The third-order valence-corrected chi connectivity index (χ3v) is 6.10. The van der Waals surface area contributed by atoms with Gasteiger partial charge in [-0.15, -0.1) is 13.2 Å². The third kappa shape index (κ3) is 8.73. The average Bonchev–Trinajstić information content (AvgIpc) is 2.92. The first kappa shape index (κ1) is 29.5. The van der Waals surface area contributed by atoms with Crippen LogP contribution in [-0.4, -0.2) is 6.36 Å². The van der Waals surface area contributed by atoms with Crippen LogP contribution in [0.15, 0.2) is 103 Å². The number of alkyl halides is 3. The van der Waals surface area contributed by atoms with E-state index in [1.807, 2.05) is 74.5 Å². The minimum Gasteiger partial charge on any atom is -0.406 e. The summed E-state index contributed by atoms with van der Waals surface area (Å²) in [6.45, 7) is 6.22. The first-order valence-corrected chi connectivity index (χ1v) is 12.8. The van der Waals surface area contributed by atoms with E-state index in [-0.39, 0.29) is 12.4 Å². The highest BCUT2D eigenvalue weighted by molar-refractivity contribution is 5.74. The quantitative estimate of drug-likeness (QED) is 0.231. The molecule has 1 unspecified atom stereocenters. The molecule has 39 heavy (non-hydrogen) atoms. The molecule has 0 bridgehead atoms. The molecule has 3 nitrogen and oxygen atoms in total. The Balaban J connectivity index is 1.96. The van der Waals surface area contributed by atoms with E-state index in [0.29, 0.717) is 11.1 Å². The van der Waals surface area contributed by atoms with Gasteiger partial charge in [0.15, 0.2) is 0 Å². The Kier molecular flexibility index (Phi) is 10.7. The molecule has 0 aliphatic rings. The number of hydrogen-bond donors (Lipinski definition) is 0. The number of benzene rings is 3. The van der Waals surface area contributed by atoms with Crippen molar-refractivity contribution in [3.05, 3.63) is 125 Å². The summed E-state index contributed by atoms with van der Waals surface area (Å²) in [5.74, 6) is -0.284. The molecule has 0 saturated carbocycles. The van der Waals surface area contributed by atoms with Crippen LogP contribution in [0, 0.1) is 18.3 Å². The molecule has 0 aliphatic heterocycles. The normalized spacial score (nSPS) is 13.1. The lowest BCUT2D eigenvalue weighted by Gasteiger charge is -2.22. The molecule has 0 radical (unpaired) electrons. The van der Waals surface area contributed by atoms with Crippen LogP contribution in [-0.2, 0) is 11.3 Å². The van der Waals surface area contributed by atoms with Crippen LogP contribution in [0.3, 0.4) is 0 Å². The summed E-state index contributed by atoms with van der Waals surface area (Å²) >= 11 is 0. The van der Waals surface area contributed by atoms with E-state index in [1.165, 1.54) is 12.1 Å². The van der Waals surface area contributed by atoms with Crippen molar-refractivity contribution in [2.45, 2.75) is 52.7 Å². The number of nitriles is 1. The van der Waals surface area contributed by atoms with Crippen LogP contribution in [0.5, 0.6) is 5.75 Å². The van der Waals surface area contributed by atoms with Crippen molar-refractivity contribution < 1.29 is 22.6 Å². The fourth-order valence-electron chi connectivity index (χ4n) is 4.12. The molecular weight excluding hydrogens is 499 g/mol. The maximum Gasteiger partial charge on any atom is 0.573 e. The molecule has 3 aromatic carbocycles. The Bertz CT molecular complexity index is 1360. The second kappa shape index (κ2) is 14.2. The van der Waals surface area contributed by atoms with Crippen molar-refractivity contribution in [3.63, 3.8) is 0 Å². The second-order valence-electron chi connectivity index (χ2n) is 8.98. The number of halogens is 3. The maximum atomic E-state index is 12.5. The maximum absolute atomic E-state index is 12.5. The van der Waals surface area contributed by atoms with E-state index >= 15 is 0 Å². The fourth-order valence-corrected chi connectivity index (χ4v) is 4.12. The van der Waals surface area contributed by atoms with Gasteiger partial charge in [0.2, 0.25) is 0 Å². The van der Waals surface area contributed by atoms with Gasteiger partial charge in [-0.05, 0) is 72.4 Å². The van der Waals surface area contributed by atoms with E-state index in [4.69, 9.17) is 4.74 Å². The zero-order chi connectivity index (χ0) is 28.3. The van der Waals surface area contributed by atoms with Gasteiger partial charge in [0.25, 0.3) is 0 Å². The highest BCUT2D eigenvalue weighted by Crippen LogP contribution is 2.34. The summed E-state index contributed by atoms with van der Waals surface area (Å²) in [6, 6.07) is 21.5. The topological polar surface area (TPSA) is 42.2 Å². The van der Waals surface area contributed by atoms with Gasteiger partial charge in [0.05, 0.1) is 18.2 Å². The lowest BCUT2D eigenvalue weighted by molar-refractivity contribution is -0.274. The van der Waals surface area contributed by atoms with Crippen molar-refractivity contribution in [1.29, 1.82) is 5.26 Å². The molecule has 0 aromatic heterocycles. The van der Waals surface area contributed by atoms with Crippen LogP contribution in [0.1, 0.15) is 55.0 Å². The van der Waals surface area contributed by atoms with Crippen LogP contribution in [0.2, 0.25) is 0 Å². The summed E-state index contributed by atoms with van der Waals surface area (Å²) in [5, 5.41) is 9.80. The second-order valence-corrected chi connectivity index (χ2v) is 8.98. The van der Waals surface area contributed by atoms with Crippen molar-refractivity contribution in [2.75, 3.05) is 0 Å². The first-order valence-electron chi connectivity index (χ1n) is 12.8. The van der Waals surface area contributed by atoms with E-state index in [1.54, 1.807) is 18.2 Å². The van der Waals surface area contributed by atoms with E-state index in [2.05, 4.69) is 23.8 Å². The van der Waals surface area contributed by atoms with Gasteiger partial charge in [-0.3, -0.25) is 0 Å². The van der Waals surface area contributed by atoms with E-state index < -0.39 is 12.5 Å². The molecule has 0 saturated heterocycles. The van der Waals surface area contributed by atoms with Gasteiger partial charge >= 0.3 is 6.36 Å². The molecule has 1 atom stereocenters. The molecule has 0 fully saturated rings. The Morgan fingerprint density at radius 2 is 1.74 bits per heavy atom. The van der Waals surface area contributed by atoms with Crippen LogP contribution >= 0.6 is 0 Å². The van der Waals surface area contributed by atoms with Crippen molar-refractivity contribution in [1.82, 2.24) is 0 Å². The summed E-state index contributed by atoms with van der Waals surface area (Å²) in [6.07, 6.45) is 6.85. The highest BCUT2D eigenvalue weighted by atomic mass is 19.4. The van der Waals surface area contributed by atoms with Crippen molar-refractivity contribution >= 4 is 0 Å². The van der Waals surface area contributed by atoms with E-state index in [0.717, 1.165) is 40.7 Å². The molecule has 0 heterocycles. The largest absolute Gasteiger partial charge is 0.573 e. The fraction of sp³-hybridized carbons (Fsp3) is 0.242. The highest BCUT2D eigenvalue weighted by Gasteiger charge is 2.31. The lowest BCUT2D eigenvalue weighted by atomic mass is 9.91. The number of hydrogen-bond acceptors (Lipinski definition) is 3. The molecule has 3 aromatic rings. The van der Waals surface area contributed by atoms with Crippen LogP contribution < -0.4 is 4.74 Å². The summed E-state index contributed by atoms with van der Waals surface area (Å²) < 4.78 is 48.0. The zero-order valence-electron chi connectivity index (χ0n) is 22.3. The minimum absolute atomic E-state index is 0.160. The summed E-state index contributed by atoms with van der Waals surface area (Å²) in [7, 11) is 0. The van der Waals surface area contributed by atoms with Gasteiger partial charge in [-0.25, -0.2) is 0 Å². The average molecular weight is 532 g/mol. The van der Waals surface area contributed by atoms with Crippen LogP contribution in [0.25, 0.3) is 11.1 Å².